The van der Waals surface area contributed by atoms with E-state index in [1.165, 1.54) is 5.57 Å². The highest BCUT2D eigenvalue weighted by atomic mass is 16.6. The van der Waals surface area contributed by atoms with E-state index in [9.17, 15) is 4.79 Å². The van der Waals surface area contributed by atoms with E-state index in [-0.39, 0.29) is 18.0 Å². The van der Waals surface area contributed by atoms with Crippen molar-refractivity contribution >= 4 is 5.97 Å². The van der Waals surface area contributed by atoms with Crippen LogP contribution in [0.1, 0.15) is 33.6 Å². The van der Waals surface area contributed by atoms with Gasteiger partial charge in [0, 0.05) is 5.92 Å². The molecule has 14 heavy (non-hydrogen) atoms. The van der Waals surface area contributed by atoms with Gasteiger partial charge in [-0.25, -0.2) is 0 Å². The average Bonchev–Trinajstić information content (AvgIpc) is 2.42. The van der Waals surface area contributed by atoms with Crippen LogP contribution in [-0.2, 0) is 9.53 Å². The van der Waals surface area contributed by atoms with E-state index in [2.05, 4.69) is 19.9 Å². The molecule has 0 saturated carbocycles. The molecular formula is C12H18O2. The molecule has 0 amide bonds. The molecule has 78 valence electrons. The molecule has 0 unspecified atom stereocenters. The van der Waals surface area contributed by atoms with Gasteiger partial charge in [0.25, 0.3) is 0 Å². The lowest BCUT2D eigenvalue weighted by Crippen LogP contribution is -2.28. The third-order valence-corrected chi connectivity index (χ3v) is 3.66. The van der Waals surface area contributed by atoms with Crippen molar-refractivity contribution in [1.29, 1.82) is 0 Å². The van der Waals surface area contributed by atoms with Crippen LogP contribution in [0.25, 0.3) is 0 Å². The summed E-state index contributed by atoms with van der Waals surface area (Å²) in [6.45, 7) is 6.33. The van der Waals surface area contributed by atoms with Gasteiger partial charge in [-0.1, -0.05) is 25.5 Å². The zero-order chi connectivity index (χ0) is 10.3. The summed E-state index contributed by atoms with van der Waals surface area (Å²) >= 11 is 0. The fourth-order valence-corrected chi connectivity index (χ4v) is 2.82. The number of ether oxygens (including phenoxy) is 1. The van der Waals surface area contributed by atoms with Crippen LogP contribution in [0.4, 0.5) is 0 Å². The van der Waals surface area contributed by atoms with Crippen LogP contribution in [0.2, 0.25) is 0 Å². The van der Waals surface area contributed by atoms with Crippen molar-refractivity contribution in [3.63, 3.8) is 0 Å². The van der Waals surface area contributed by atoms with E-state index in [1.54, 1.807) is 0 Å². The lowest BCUT2D eigenvalue weighted by atomic mass is 9.73. The van der Waals surface area contributed by atoms with E-state index >= 15 is 0 Å². The maximum atomic E-state index is 11.6. The minimum atomic E-state index is 0.0152. The Labute approximate surface area is 85.3 Å². The van der Waals surface area contributed by atoms with Crippen molar-refractivity contribution in [2.75, 3.05) is 0 Å². The highest BCUT2D eigenvalue weighted by Gasteiger charge is 2.46. The van der Waals surface area contributed by atoms with Crippen LogP contribution < -0.4 is 0 Å². The molecule has 2 heteroatoms. The van der Waals surface area contributed by atoms with Gasteiger partial charge in [-0.15, -0.1) is 0 Å². The summed E-state index contributed by atoms with van der Waals surface area (Å²) in [6.07, 6.45) is 4.54. The summed E-state index contributed by atoms with van der Waals surface area (Å²) in [5.41, 5.74) is 1.49. The summed E-state index contributed by atoms with van der Waals surface area (Å²) in [4.78, 5) is 11.6. The van der Waals surface area contributed by atoms with Crippen molar-refractivity contribution in [2.45, 2.75) is 39.7 Å². The Morgan fingerprint density at radius 1 is 1.50 bits per heavy atom. The molecule has 1 saturated heterocycles. The fraction of sp³-hybridized carbons (Fsp3) is 0.750. The molecule has 0 aromatic carbocycles. The Hall–Kier alpha value is -0.790. The standard InChI is InChI=1S/C12H18O2/c1-4-9-5-7(2)11-10(6-9)8(3)14-12(11)13/h5,7-8,10-11H,4,6H2,1-3H3/t7-,8+,10+,11+/m1/s1. The molecule has 0 bridgehead atoms. The number of fused-ring (bicyclic) bond motifs is 1. The van der Waals surface area contributed by atoms with Crippen molar-refractivity contribution in [1.82, 2.24) is 0 Å². The zero-order valence-corrected chi connectivity index (χ0v) is 9.12. The van der Waals surface area contributed by atoms with Crippen molar-refractivity contribution < 1.29 is 9.53 Å². The Balaban J connectivity index is 2.25. The smallest absolute Gasteiger partial charge is 0.310 e. The first-order valence-corrected chi connectivity index (χ1v) is 5.53. The second-order valence-corrected chi connectivity index (χ2v) is 4.57. The average molecular weight is 194 g/mol. The Morgan fingerprint density at radius 2 is 2.21 bits per heavy atom. The van der Waals surface area contributed by atoms with Crippen LogP contribution in [0.15, 0.2) is 11.6 Å². The maximum Gasteiger partial charge on any atom is 0.310 e. The zero-order valence-electron chi connectivity index (χ0n) is 9.12. The van der Waals surface area contributed by atoms with Gasteiger partial charge >= 0.3 is 5.97 Å². The van der Waals surface area contributed by atoms with Crippen LogP contribution in [0.5, 0.6) is 0 Å². The lowest BCUT2D eigenvalue weighted by molar-refractivity contribution is -0.144. The second kappa shape index (κ2) is 3.41. The lowest BCUT2D eigenvalue weighted by Gasteiger charge is -2.28. The quantitative estimate of drug-likeness (QED) is 0.473. The number of carbonyl (C=O) groups excluding carboxylic acids is 1. The summed E-state index contributed by atoms with van der Waals surface area (Å²) in [5.74, 6) is 0.931. The summed E-state index contributed by atoms with van der Waals surface area (Å²) in [6, 6.07) is 0. The molecule has 0 aromatic heterocycles. The van der Waals surface area contributed by atoms with Crippen LogP contribution >= 0.6 is 0 Å². The molecule has 1 heterocycles. The normalized spacial score (nSPS) is 41.6. The van der Waals surface area contributed by atoms with Crippen molar-refractivity contribution in [3.8, 4) is 0 Å². The van der Waals surface area contributed by atoms with Gasteiger partial charge in [0.2, 0.25) is 0 Å². The molecule has 2 rings (SSSR count). The largest absolute Gasteiger partial charge is 0.462 e. The van der Waals surface area contributed by atoms with E-state index in [1.807, 2.05) is 6.92 Å². The topological polar surface area (TPSA) is 26.3 Å². The monoisotopic (exact) mass is 194 g/mol. The molecule has 4 atom stereocenters. The molecule has 2 aliphatic rings. The molecule has 0 N–H and O–H groups in total. The number of esters is 1. The van der Waals surface area contributed by atoms with E-state index in [0.717, 1.165) is 12.8 Å². The summed E-state index contributed by atoms with van der Waals surface area (Å²) in [7, 11) is 0. The van der Waals surface area contributed by atoms with Gasteiger partial charge in [-0.3, -0.25) is 4.79 Å². The molecule has 0 radical (unpaired) electrons. The van der Waals surface area contributed by atoms with E-state index < -0.39 is 0 Å². The number of hydrogen-bond acceptors (Lipinski definition) is 2. The summed E-state index contributed by atoms with van der Waals surface area (Å²) < 4.78 is 5.30. The third kappa shape index (κ3) is 1.37. The molecule has 1 aliphatic carbocycles. The Morgan fingerprint density at radius 3 is 2.86 bits per heavy atom. The van der Waals surface area contributed by atoms with Gasteiger partial charge < -0.3 is 4.74 Å². The molecule has 1 aliphatic heterocycles. The first-order valence-electron chi connectivity index (χ1n) is 5.53. The van der Waals surface area contributed by atoms with Gasteiger partial charge in [0.05, 0.1) is 5.92 Å². The molecular weight excluding hydrogens is 176 g/mol. The number of cyclic esters (lactones) is 1. The van der Waals surface area contributed by atoms with Gasteiger partial charge in [-0.05, 0) is 25.7 Å². The maximum absolute atomic E-state index is 11.6. The number of allylic oxidation sites excluding steroid dienone is 2. The number of hydrogen-bond donors (Lipinski definition) is 0. The molecule has 0 aromatic rings. The first-order chi connectivity index (χ1) is 6.63. The van der Waals surface area contributed by atoms with E-state index in [0.29, 0.717) is 11.8 Å². The van der Waals surface area contributed by atoms with Gasteiger partial charge in [0.1, 0.15) is 6.10 Å². The molecule has 0 spiro atoms. The van der Waals surface area contributed by atoms with Crippen LogP contribution in [-0.4, -0.2) is 12.1 Å². The first kappa shape index (κ1) is 9.75. The van der Waals surface area contributed by atoms with Gasteiger partial charge in [0.15, 0.2) is 0 Å². The third-order valence-electron chi connectivity index (χ3n) is 3.66. The predicted octanol–water partition coefficient (Wildman–Crippen LogP) is 2.54. The van der Waals surface area contributed by atoms with E-state index in [4.69, 9.17) is 4.74 Å². The second-order valence-electron chi connectivity index (χ2n) is 4.57. The highest BCUT2D eigenvalue weighted by Crippen LogP contribution is 2.42. The Bertz CT molecular complexity index is 280. The van der Waals surface area contributed by atoms with Crippen molar-refractivity contribution in [2.24, 2.45) is 17.8 Å². The molecule has 1 fully saturated rings. The van der Waals surface area contributed by atoms with Crippen molar-refractivity contribution in [3.05, 3.63) is 11.6 Å². The van der Waals surface area contributed by atoms with Crippen LogP contribution in [0.3, 0.4) is 0 Å². The summed E-state index contributed by atoms with van der Waals surface area (Å²) in [5, 5.41) is 0. The van der Waals surface area contributed by atoms with Crippen LogP contribution in [0, 0.1) is 17.8 Å². The number of carbonyl (C=O) groups is 1. The predicted molar refractivity (Wildman–Crippen MR) is 54.7 cm³/mol. The fourth-order valence-electron chi connectivity index (χ4n) is 2.82. The minimum Gasteiger partial charge on any atom is -0.462 e. The number of rotatable bonds is 1. The SMILES string of the molecule is CCC1=C[C@@H](C)[C@@H]2C(=O)O[C@@H](C)[C@@H]2C1. The highest BCUT2D eigenvalue weighted by molar-refractivity contribution is 5.76. The minimum absolute atomic E-state index is 0.0152. The Kier molecular flexibility index (Phi) is 2.38. The van der Waals surface area contributed by atoms with Gasteiger partial charge in [-0.2, -0.15) is 0 Å². The molecule has 2 nitrogen and oxygen atoms in total.